The third kappa shape index (κ3) is 2.54. The van der Waals surface area contributed by atoms with Gasteiger partial charge in [0.25, 0.3) is 0 Å². The molecule has 2 aromatic heterocycles. The molecule has 0 saturated heterocycles. The van der Waals surface area contributed by atoms with Crippen LogP contribution in [0.4, 0.5) is 5.69 Å². The second kappa shape index (κ2) is 5.44. The number of pyridine rings is 1. The SMILES string of the molecule is CCCc1nn(C)c(Oc2ccc3cccnc3c2)c1N. The number of aromatic nitrogens is 3. The summed E-state index contributed by atoms with van der Waals surface area (Å²) in [6.45, 7) is 2.10. The average molecular weight is 282 g/mol. The van der Waals surface area contributed by atoms with E-state index in [0.29, 0.717) is 17.3 Å². The van der Waals surface area contributed by atoms with Gasteiger partial charge in [-0.2, -0.15) is 5.10 Å². The minimum Gasteiger partial charge on any atom is -0.437 e. The van der Waals surface area contributed by atoms with Gasteiger partial charge in [0.05, 0.1) is 11.2 Å². The van der Waals surface area contributed by atoms with Gasteiger partial charge in [0.15, 0.2) is 0 Å². The summed E-state index contributed by atoms with van der Waals surface area (Å²) in [5.41, 5.74) is 8.51. The molecule has 0 radical (unpaired) electrons. The Hall–Kier alpha value is -2.56. The van der Waals surface area contributed by atoms with Crippen LogP contribution in [0.25, 0.3) is 10.9 Å². The molecule has 3 rings (SSSR count). The molecule has 0 aliphatic carbocycles. The van der Waals surface area contributed by atoms with E-state index in [-0.39, 0.29) is 0 Å². The van der Waals surface area contributed by atoms with Crippen LogP contribution in [0.5, 0.6) is 11.6 Å². The van der Waals surface area contributed by atoms with Crippen LogP contribution in [0, 0.1) is 0 Å². The fraction of sp³-hybridized carbons (Fsp3) is 0.250. The lowest BCUT2D eigenvalue weighted by molar-refractivity contribution is 0.433. The highest BCUT2D eigenvalue weighted by Crippen LogP contribution is 2.31. The molecule has 5 nitrogen and oxygen atoms in total. The van der Waals surface area contributed by atoms with Gasteiger partial charge < -0.3 is 10.5 Å². The molecule has 0 atom stereocenters. The molecule has 1 aromatic carbocycles. The Morgan fingerprint density at radius 1 is 1.29 bits per heavy atom. The van der Waals surface area contributed by atoms with Gasteiger partial charge in [-0.1, -0.05) is 19.4 Å². The predicted octanol–water partition coefficient (Wildman–Crippen LogP) is 3.30. The lowest BCUT2D eigenvalue weighted by Gasteiger charge is -2.07. The van der Waals surface area contributed by atoms with Crippen LogP contribution in [-0.2, 0) is 13.5 Å². The molecule has 0 fully saturated rings. The number of benzene rings is 1. The maximum atomic E-state index is 6.13. The average Bonchev–Trinajstić information content (AvgIpc) is 2.75. The van der Waals surface area contributed by atoms with E-state index in [1.54, 1.807) is 10.9 Å². The first kappa shape index (κ1) is 13.4. The number of anilines is 1. The van der Waals surface area contributed by atoms with Crippen molar-refractivity contribution in [1.82, 2.24) is 14.8 Å². The first-order chi connectivity index (χ1) is 10.2. The first-order valence-electron chi connectivity index (χ1n) is 7.03. The number of nitrogens with two attached hydrogens (primary N) is 1. The van der Waals surface area contributed by atoms with E-state index < -0.39 is 0 Å². The molecular formula is C16H18N4O. The molecule has 2 N–H and O–H groups in total. The second-order valence-corrected chi connectivity index (χ2v) is 5.00. The van der Waals surface area contributed by atoms with E-state index in [0.717, 1.165) is 29.4 Å². The van der Waals surface area contributed by atoms with Crippen molar-refractivity contribution in [3.63, 3.8) is 0 Å². The van der Waals surface area contributed by atoms with Gasteiger partial charge in [-0.3, -0.25) is 4.98 Å². The Morgan fingerprint density at radius 2 is 2.14 bits per heavy atom. The van der Waals surface area contributed by atoms with E-state index in [9.17, 15) is 0 Å². The highest BCUT2D eigenvalue weighted by atomic mass is 16.5. The van der Waals surface area contributed by atoms with Crippen molar-refractivity contribution >= 4 is 16.6 Å². The Balaban J connectivity index is 1.94. The van der Waals surface area contributed by atoms with Crippen molar-refractivity contribution < 1.29 is 4.74 Å². The quantitative estimate of drug-likeness (QED) is 0.797. The fourth-order valence-electron chi connectivity index (χ4n) is 2.34. The van der Waals surface area contributed by atoms with Crippen molar-refractivity contribution in [2.45, 2.75) is 19.8 Å². The maximum Gasteiger partial charge on any atom is 0.241 e. The molecular weight excluding hydrogens is 264 g/mol. The molecule has 0 unspecified atom stereocenters. The van der Waals surface area contributed by atoms with Crippen LogP contribution < -0.4 is 10.5 Å². The topological polar surface area (TPSA) is 66.0 Å². The summed E-state index contributed by atoms with van der Waals surface area (Å²) >= 11 is 0. The van der Waals surface area contributed by atoms with Gasteiger partial charge in [-0.15, -0.1) is 0 Å². The van der Waals surface area contributed by atoms with Crippen LogP contribution in [0.15, 0.2) is 36.5 Å². The number of nitrogens with zero attached hydrogens (tertiary/aromatic N) is 3. The van der Waals surface area contributed by atoms with Gasteiger partial charge in [0, 0.05) is 24.7 Å². The summed E-state index contributed by atoms with van der Waals surface area (Å²) in [7, 11) is 1.84. The van der Waals surface area contributed by atoms with Crippen LogP contribution in [0.3, 0.4) is 0 Å². The van der Waals surface area contributed by atoms with E-state index >= 15 is 0 Å². The molecule has 0 aliphatic rings. The Morgan fingerprint density at radius 3 is 2.95 bits per heavy atom. The Labute approximate surface area is 123 Å². The zero-order valence-corrected chi connectivity index (χ0v) is 12.2. The number of hydrogen-bond donors (Lipinski definition) is 1. The van der Waals surface area contributed by atoms with Crippen molar-refractivity contribution in [2.24, 2.45) is 7.05 Å². The van der Waals surface area contributed by atoms with Gasteiger partial charge in [-0.05, 0) is 24.6 Å². The van der Waals surface area contributed by atoms with E-state index in [1.807, 2.05) is 37.4 Å². The van der Waals surface area contributed by atoms with Gasteiger partial charge in [0.2, 0.25) is 5.88 Å². The molecule has 3 aromatic rings. The van der Waals surface area contributed by atoms with Crippen molar-refractivity contribution in [1.29, 1.82) is 0 Å². The summed E-state index contributed by atoms with van der Waals surface area (Å²) in [6.07, 6.45) is 3.62. The monoisotopic (exact) mass is 282 g/mol. The zero-order valence-electron chi connectivity index (χ0n) is 12.2. The molecule has 0 bridgehead atoms. The van der Waals surface area contributed by atoms with Crippen molar-refractivity contribution in [3.8, 4) is 11.6 Å². The molecule has 0 saturated carbocycles. The fourth-order valence-corrected chi connectivity index (χ4v) is 2.34. The highest BCUT2D eigenvalue weighted by molar-refractivity contribution is 5.79. The maximum absolute atomic E-state index is 6.13. The Bertz CT molecular complexity index is 779. The summed E-state index contributed by atoms with van der Waals surface area (Å²) in [4.78, 5) is 4.33. The number of hydrogen-bond acceptors (Lipinski definition) is 4. The molecule has 108 valence electrons. The van der Waals surface area contributed by atoms with Crippen molar-refractivity contribution in [3.05, 3.63) is 42.2 Å². The van der Waals surface area contributed by atoms with Crippen LogP contribution >= 0.6 is 0 Å². The molecule has 0 amide bonds. The third-order valence-corrected chi connectivity index (χ3v) is 3.38. The van der Waals surface area contributed by atoms with Gasteiger partial charge >= 0.3 is 0 Å². The standard InChI is InChI=1S/C16H18N4O/c1-3-5-13-15(17)16(20(2)19-13)21-12-8-7-11-6-4-9-18-14(11)10-12/h4,6-10H,3,5,17H2,1-2H3. The molecule has 0 aliphatic heterocycles. The molecule has 0 spiro atoms. The summed E-state index contributed by atoms with van der Waals surface area (Å²) in [5, 5.41) is 5.49. The van der Waals surface area contributed by atoms with Crippen LogP contribution in [0.1, 0.15) is 19.0 Å². The van der Waals surface area contributed by atoms with Gasteiger partial charge in [-0.25, -0.2) is 4.68 Å². The number of aryl methyl sites for hydroxylation is 2. The number of nitrogen functional groups attached to an aromatic ring is 1. The predicted molar refractivity (Wildman–Crippen MR) is 83.4 cm³/mol. The Kier molecular flexibility index (Phi) is 3.48. The molecule has 2 heterocycles. The number of ether oxygens (including phenoxy) is 1. The zero-order chi connectivity index (χ0) is 14.8. The largest absolute Gasteiger partial charge is 0.437 e. The lowest BCUT2D eigenvalue weighted by Crippen LogP contribution is -1.97. The minimum absolute atomic E-state index is 0.578. The van der Waals surface area contributed by atoms with Gasteiger partial charge in [0.1, 0.15) is 11.4 Å². The van der Waals surface area contributed by atoms with E-state index in [2.05, 4.69) is 17.0 Å². The molecule has 5 heteroatoms. The number of fused-ring (bicyclic) bond motifs is 1. The summed E-state index contributed by atoms with van der Waals surface area (Å²) in [5.74, 6) is 1.28. The van der Waals surface area contributed by atoms with E-state index in [4.69, 9.17) is 10.5 Å². The molecule has 21 heavy (non-hydrogen) atoms. The summed E-state index contributed by atoms with van der Waals surface area (Å²) in [6, 6.07) is 9.73. The van der Waals surface area contributed by atoms with E-state index in [1.165, 1.54) is 0 Å². The van der Waals surface area contributed by atoms with Crippen molar-refractivity contribution in [2.75, 3.05) is 5.73 Å². The van der Waals surface area contributed by atoms with Crippen LogP contribution in [0.2, 0.25) is 0 Å². The second-order valence-electron chi connectivity index (χ2n) is 5.00. The van der Waals surface area contributed by atoms with Crippen LogP contribution in [-0.4, -0.2) is 14.8 Å². The minimum atomic E-state index is 0.578. The third-order valence-electron chi connectivity index (χ3n) is 3.38. The lowest BCUT2D eigenvalue weighted by atomic mass is 10.2. The number of rotatable bonds is 4. The smallest absolute Gasteiger partial charge is 0.241 e. The highest BCUT2D eigenvalue weighted by Gasteiger charge is 2.14. The first-order valence-corrected chi connectivity index (χ1v) is 7.03. The normalized spacial score (nSPS) is 11.0. The summed E-state index contributed by atoms with van der Waals surface area (Å²) < 4.78 is 7.59.